The van der Waals surface area contributed by atoms with Crippen molar-refractivity contribution < 1.29 is 8.42 Å². The van der Waals surface area contributed by atoms with E-state index in [1.165, 1.54) is 0 Å². The zero-order chi connectivity index (χ0) is 10.9. The molecular formula is C9H11IN2O2S. The van der Waals surface area contributed by atoms with Crippen molar-refractivity contribution in [1.29, 1.82) is 0 Å². The lowest BCUT2D eigenvalue weighted by atomic mass is 10.3. The van der Waals surface area contributed by atoms with Gasteiger partial charge in [-0.2, -0.15) is 13.1 Å². The maximum atomic E-state index is 11.5. The summed E-state index contributed by atoms with van der Waals surface area (Å²) in [5.74, 6) is 0. The van der Waals surface area contributed by atoms with Crippen molar-refractivity contribution in [2.75, 3.05) is 4.72 Å². The van der Waals surface area contributed by atoms with Crippen LogP contribution < -0.4 is 9.44 Å². The Labute approximate surface area is 103 Å². The molecule has 0 bridgehead atoms. The lowest BCUT2D eigenvalue weighted by molar-refractivity contribution is 0.586. The number of rotatable bonds is 4. The molecule has 2 rings (SSSR count). The minimum atomic E-state index is -3.39. The van der Waals surface area contributed by atoms with Crippen molar-refractivity contribution >= 4 is 38.5 Å². The first-order valence-electron chi connectivity index (χ1n) is 4.61. The molecule has 4 nitrogen and oxygen atoms in total. The zero-order valence-corrected chi connectivity index (χ0v) is 10.9. The average Bonchev–Trinajstić information content (AvgIpc) is 2.91. The molecular weight excluding hydrogens is 327 g/mol. The molecule has 1 saturated carbocycles. The van der Waals surface area contributed by atoms with Crippen molar-refractivity contribution in [2.24, 2.45) is 0 Å². The number of hydrogen-bond donors (Lipinski definition) is 2. The third kappa shape index (κ3) is 3.62. The van der Waals surface area contributed by atoms with Gasteiger partial charge in [0.25, 0.3) is 10.2 Å². The molecule has 0 amide bonds. The van der Waals surface area contributed by atoms with E-state index in [-0.39, 0.29) is 6.04 Å². The van der Waals surface area contributed by atoms with Gasteiger partial charge in [-0.1, -0.05) is 0 Å². The summed E-state index contributed by atoms with van der Waals surface area (Å²) in [7, 11) is -3.39. The van der Waals surface area contributed by atoms with Crippen molar-refractivity contribution in [3.05, 3.63) is 27.8 Å². The van der Waals surface area contributed by atoms with Gasteiger partial charge in [0, 0.05) is 15.3 Å². The Bertz CT molecular complexity index is 440. The first-order valence-corrected chi connectivity index (χ1v) is 7.17. The predicted octanol–water partition coefficient (Wildman–Crippen LogP) is 1.70. The average molecular weight is 338 g/mol. The fourth-order valence-corrected chi connectivity index (χ4v) is 2.66. The summed E-state index contributed by atoms with van der Waals surface area (Å²) in [5.41, 5.74) is 0.587. The fraction of sp³-hybridized carbons (Fsp3) is 0.333. The summed E-state index contributed by atoms with van der Waals surface area (Å²) < 4.78 is 29.1. The lowest BCUT2D eigenvalue weighted by Gasteiger charge is -2.08. The minimum Gasteiger partial charge on any atom is -0.271 e. The number of hydrogen-bond acceptors (Lipinski definition) is 2. The third-order valence-electron chi connectivity index (χ3n) is 2.00. The fourth-order valence-electron chi connectivity index (χ4n) is 1.12. The molecule has 0 spiro atoms. The van der Waals surface area contributed by atoms with Crippen LogP contribution in [-0.4, -0.2) is 14.5 Å². The van der Waals surface area contributed by atoms with Crippen molar-refractivity contribution in [3.63, 3.8) is 0 Å². The normalized spacial score (nSPS) is 16.3. The van der Waals surface area contributed by atoms with Crippen LogP contribution in [0.3, 0.4) is 0 Å². The molecule has 1 aliphatic carbocycles. The molecule has 1 fully saturated rings. The summed E-state index contributed by atoms with van der Waals surface area (Å²) in [6.07, 6.45) is 1.88. The van der Waals surface area contributed by atoms with Crippen LogP contribution in [0.4, 0.5) is 5.69 Å². The second-order valence-corrected chi connectivity index (χ2v) is 6.20. The molecule has 6 heteroatoms. The van der Waals surface area contributed by atoms with Gasteiger partial charge >= 0.3 is 0 Å². The largest absolute Gasteiger partial charge is 0.299 e. The van der Waals surface area contributed by atoms with E-state index in [2.05, 4.69) is 32.0 Å². The van der Waals surface area contributed by atoms with Gasteiger partial charge in [0.2, 0.25) is 0 Å². The van der Waals surface area contributed by atoms with Crippen LogP contribution in [0.5, 0.6) is 0 Å². The van der Waals surface area contributed by atoms with E-state index in [4.69, 9.17) is 0 Å². The Hall–Kier alpha value is -0.340. The number of nitrogens with one attached hydrogen (secondary N) is 2. The van der Waals surface area contributed by atoms with Crippen LogP contribution in [0, 0.1) is 3.57 Å². The van der Waals surface area contributed by atoms with Gasteiger partial charge in [-0.15, -0.1) is 0 Å². The molecule has 0 radical (unpaired) electrons. The van der Waals surface area contributed by atoms with E-state index in [1.807, 2.05) is 12.1 Å². The molecule has 15 heavy (non-hydrogen) atoms. The summed E-state index contributed by atoms with van der Waals surface area (Å²) in [6, 6.07) is 7.33. The highest BCUT2D eigenvalue weighted by atomic mass is 127. The SMILES string of the molecule is O=S(=O)(Nc1ccc(I)cc1)NC1CC1. The predicted molar refractivity (Wildman–Crippen MR) is 67.9 cm³/mol. The van der Waals surface area contributed by atoms with Gasteiger partial charge in [0.05, 0.1) is 0 Å². The van der Waals surface area contributed by atoms with Crippen LogP contribution in [0.1, 0.15) is 12.8 Å². The topological polar surface area (TPSA) is 58.2 Å². The molecule has 0 aromatic heterocycles. The highest BCUT2D eigenvalue weighted by Gasteiger charge is 2.26. The van der Waals surface area contributed by atoms with E-state index in [0.29, 0.717) is 5.69 Å². The molecule has 1 aromatic rings. The quantitative estimate of drug-likeness (QED) is 0.821. The van der Waals surface area contributed by atoms with E-state index in [9.17, 15) is 8.42 Å². The van der Waals surface area contributed by atoms with E-state index in [1.54, 1.807) is 12.1 Å². The summed E-state index contributed by atoms with van der Waals surface area (Å²) in [6.45, 7) is 0. The maximum Gasteiger partial charge on any atom is 0.299 e. The molecule has 0 aliphatic heterocycles. The van der Waals surface area contributed by atoms with Crippen molar-refractivity contribution in [1.82, 2.24) is 4.72 Å². The monoisotopic (exact) mass is 338 g/mol. The summed E-state index contributed by atoms with van der Waals surface area (Å²) >= 11 is 2.17. The standard InChI is InChI=1S/C9H11IN2O2S/c10-7-1-3-8(4-2-7)11-15(13,14)12-9-5-6-9/h1-4,9,11-12H,5-6H2. The van der Waals surface area contributed by atoms with Gasteiger partial charge in [-0.3, -0.25) is 4.72 Å². The Morgan fingerprint density at radius 1 is 1.20 bits per heavy atom. The third-order valence-corrected chi connectivity index (χ3v) is 3.86. The Morgan fingerprint density at radius 3 is 2.33 bits per heavy atom. The number of benzene rings is 1. The molecule has 1 aliphatic rings. The van der Waals surface area contributed by atoms with Crippen LogP contribution in [0.2, 0.25) is 0 Å². The Morgan fingerprint density at radius 2 is 1.80 bits per heavy atom. The number of anilines is 1. The smallest absolute Gasteiger partial charge is 0.271 e. The van der Waals surface area contributed by atoms with E-state index in [0.717, 1.165) is 16.4 Å². The second kappa shape index (κ2) is 4.26. The molecule has 0 atom stereocenters. The van der Waals surface area contributed by atoms with Gasteiger partial charge < -0.3 is 0 Å². The van der Waals surface area contributed by atoms with Crippen molar-refractivity contribution in [3.8, 4) is 0 Å². The number of halogens is 1. The minimum absolute atomic E-state index is 0.131. The van der Waals surface area contributed by atoms with Crippen LogP contribution in [-0.2, 0) is 10.2 Å². The molecule has 0 heterocycles. The zero-order valence-electron chi connectivity index (χ0n) is 7.90. The highest BCUT2D eigenvalue weighted by Crippen LogP contribution is 2.20. The Kier molecular flexibility index (Phi) is 3.17. The summed E-state index contributed by atoms with van der Waals surface area (Å²) in [4.78, 5) is 0. The van der Waals surface area contributed by atoms with Crippen LogP contribution in [0.15, 0.2) is 24.3 Å². The van der Waals surface area contributed by atoms with Crippen LogP contribution in [0.25, 0.3) is 0 Å². The van der Waals surface area contributed by atoms with Gasteiger partial charge in [0.15, 0.2) is 0 Å². The first kappa shape index (κ1) is 11.2. The molecule has 2 N–H and O–H groups in total. The molecule has 1 aromatic carbocycles. The Balaban J connectivity index is 2.03. The first-order chi connectivity index (χ1) is 7.05. The van der Waals surface area contributed by atoms with Gasteiger partial charge in [-0.25, -0.2) is 0 Å². The maximum absolute atomic E-state index is 11.5. The second-order valence-electron chi connectivity index (χ2n) is 3.50. The highest BCUT2D eigenvalue weighted by molar-refractivity contribution is 14.1. The van der Waals surface area contributed by atoms with E-state index >= 15 is 0 Å². The lowest BCUT2D eigenvalue weighted by Crippen LogP contribution is -2.31. The molecule has 0 saturated heterocycles. The van der Waals surface area contributed by atoms with Gasteiger partial charge in [-0.05, 0) is 59.7 Å². The molecule has 82 valence electrons. The molecule has 0 unspecified atom stereocenters. The van der Waals surface area contributed by atoms with Crippen molar-refractivity contribution in [2.45, 2.75) is 18.9 Å². The van der Waals surface area contributed by atoms with E-state index < -0.39 is 10.2 Å². The van der Waals surface area contributed by atoms with Crippen LogP contribution >= 0.6 is 22.6 Å². The van der Waals surface area contributed by atoms with Gasteiger partial charge in [0.1, 0.15) is 0 Å². The summed E-state index contributed by atoms with van der Waals surface area (Å²) in [5, 5.41) is 0.